The molecule has 1 aromatic carbocycles. The number of carbonyl (C=O) groups is 1. The number of anilines is 1. The molecule has 19 heavy (non-hydrogen) atoms. The summed E-state index contributed by atoms with van der Waals surface area (Å²) in [5.74, 6) is -0.818. The summed E-state index contributed by atoms with van der Waals surface area (Å²) in [6, 6.07) is 6.33. The van der Waals surface area contributed by atoms with Crippen LogP contribution in [0.15, 0.2) is 35.7 Å². The lowest BCUT2D eigenvalue weighted by molar-refractivity contribution is 0.101. The molecule has 5 nitrogen and oxygen atoms in total. The van der Waals surface area contributed by atoms with E-state index in [1.807, 2.05) is 0 Å². The van der Waals surface area contributed by atoms with Crippen LogP contribution in [0.4, 0.5) is 5.69 Å². The molecule has 1 rings (SSSR count). The normalized spacial score (nSPS) is 12.8. The highest BCUT2D eigenvalue weighted by atomic mass is 32.2. The summed E-state index contributed by atoms with van der Waals surface area (Å²) in [5, 5.41) is 8.97. The van der Waals surface area contributed by atoms with E-state index < -0.39 is 15.9 Å². The van der Waals surface area contributed by atoms with Gasteiger partial charge in [0.1, 0.15) is 0 Å². The molecule has 0 aromatic heterocycles. The maximum atomic E-state index is 12.0. The summed E-state index contributed by atoms with van der Waals surface area (Å²) in [6.45, 7) is 6.07. The van der Waals surface area contributed by atoms with Gasteiger partial charge in [-0.05, 0) is 19.1 Å². The monoisotopic (exact) mass is 283 g/mol. The molecule has 0 saturated carbocycles. The predicted octanol–water partition coefficient (Wildman–Crippen LogP) is 1.77. The zero-order valence-corrected chi connectivity index (χ0v) is 11.7. The van der Waals surface area contributed by atoms with Crippen molar-refractivity contribution in [1.82, 2.24) is 0 Å². The average molecular weight is 283 g/mol. The van der Waals surface area contributed by atoms with Crippen LogP contribution in [0.25, 0.3) is 0 Å². The number of carbonyl (C=O) groups excluding carboxylic acids is 1. The van der Waals surface area contributed by atoms with Crippen LogP contribution in [-0.2, 0) is 10.0 Å². The second-order valence-electron chi connectivity index (χ2n) is 4.26. The van der Waals surface area contributed by atoms with Gasteiger partial charge in [-0.1, -0.05) is 25.6 Å². The van der Waals surface area contributed by atoms with E-state index in [1.54, 1.807) is 25.1 Å². The molecule has 0 aliphatic heterocycles. The molecule has 0 aliphatic carbocycles. The van der Waals surface area contributed by atoms with Crippen molar-refractivity contribution in [2.75, 3.05) is 11.3 Å². The van der Waals surface area contributed by atoms with Crippen LogP contribution in [0.1, 0.15) is 24.2 Å². The van der Waals surface area contributed by atoms with E-state index in [-0.39, 0.29) is 28.5 Å². The van der Waals surface area contributed by atoms with Gasteiger partial charge in [0, 0.05) is 11.5 Å². The lowest BCUT2D eigenvalue weighted by Crippen LogP contribution is -2.21. The van der Waals surface area contributed by atoms with E-state index in [2.05, 4.69) is 11.3 Å². The number of benzene rings is 1. The van der Waals surface area contributed by atoms with Crippen molar-refractivity contribution < 1.29 is 18.3 Å². The first kappa shape index (κ1) is 15.4. The SMILES string of the molecule is C=C(C(C)CO)S(=O)(=O)Nc1ccccc1C(C)=O. The molecular formula is C13H17NO4S. The zero-order chi connectivity index (χ0) is 14.6. The third-order valence-corrected chi connectivity index (χ3v) is 4.30. The largest absolute Gasteiger partial charge is 0.396 e. The van der Waals surface area contributed by atoms with Crippen LogP contribution in [-0.4, -0.2) is 25.9 Å². The van der Waals surface area contributed by atoms with E-state index in [4.69, 9.17) is 5.11 Å². The minimum absolute atomic E-state index is 0.117. The molecule has 0 amide bonds. The summed E-state index contributed by atoms with van der Waals surface area (Å²) in [4.78, 5) is 11.3. The van der Waals surface area contributed by atoms with Gasteiger partial charge in [0.05, 0.1) is 17.2 Å². The van der Waals surface area contributed by atoms with E-state index in [1.165, 1.54) is 13.0 Å². The van der Waals surface area contributed by atoms with Crippen LogP contribution in [0.2, 0.25) is 0 Å². The topological polar surface area (TPSA) is 83.5 Å². The van der Waals surface area contributed by atoms with Gasteiger partial charge in [-0.2, -0.15) is 0 Å². The van der Waals surface area contributed by atoms with Gasteiger partial charge in [0.15, 0.2) is 5.78 Å². The Morgan fingerprint density at radius 3 is 2.53 bits per heavy atom. The number of aliphatic hydroxyl groups excluding tert-OH is 1. The van der Waals surface area contributed by atoms with Gasteiger partial charge in [0.2, 0.25) is 0 Å². The fourth-order valence-electron chi connectivity index (χ4n) is 1.46. The standard InChI is InChI=1S/C13H17NO4S/c1-9(8-15)11(3)19(17,18)14-13-7-5-4-6-12(13)10(2)16/h4-7,9,14-15H,3,8H2,1-2H3. The van der Waals surface area contributed by atoms with Crippen molar-refractivity contribution in [3.8, 4) is 0 Å². The fraction of sp³-hybridized carbons (Fsp3) is 0.308. The van der Waals surface area contributed by atoms with Crippen LogP contribution in [0.5, 0.6) is 0 Å². The first-order chi connectivity index (χ1) is 8.79. The summed E-state index contributed by atoms with van der Waals surface area (Å²) in [6.07, 6.45) is 0. The van der Waals surface area contributed by atoms with Gasteiger partial charge < -0.3 is 5.11 Å². The maximum absolute atomic E-state index is 12.0. The van der Waals surface area contributed by atoms with E-state index >= 15 is 0 Å². The van der Waals surface area contributed by atoms with E-state index in [9.17, 15) is 13.2 Å². The lowest BCUT2D eigenvalue weighted by Gasteiger charge is -2.15. The van der Waals surface area contributed by atoms with Gasteiger partial charge in [0.25, 0.3) is 10.0 Å². The first-order valence-electron chi connectivity index (χ1n) is 5.72. The number of sulfonamides is 1. The summed E-state index contributed by atoms with van der Waals surface area (Å²) in [7, 11) is -3.84. The first-order valence-corrected chi connectivity index (χ1v) is 7.20. The highest BCUT2D eigenvalue weighted by Crippen LogP contribution is 2.22. The molecule has 0 aliphatic rings. The summed E-state index contributed by atoms with van der Waals surface area (Å²) in [5.41, 5.74) is 0.497. The summed E-state index contributed by atoms with van der Waals surface area (Å²) >= 11 is 0. The van der Waals surface area contributed by atoms with Crippen molar-refractivity contribution in [2.45, 2.75) is 13.8 Å². The van der Waals surface area contributed by atoms with Crippen LogP contribution in [0.3, 0.4) is 0 Å². The molecule has 0 fully saturated rings. The second kappa shape index (κ2) is 5.99. The van der Waals surface area contributed by atoms with Crippen LogP contribution >= 0.6 is 0 Å². The Bertz CT molecular complexity index is 592. The molecule has 6 heteroatoms. The zero-order valence-electron chi connectivity index (χ0n) is 10.9. The number of para-hydroxylation sites is 1. The Morgan fingerprint density at radius 2 is 2.00 bits per heavy atom. The second-order valence-corrected chi connectivity index (χ2v) is 5.99. The Hall–Kier alpha value is -1.66. The fourth-order valence-corrected chi connectivity index (χ4v) is 2.66. The van der Waals surface area contributed by atoms with Crippen molar-refractivity contribution in [2.24, 2.45) is 5.92 Å². The minimum atomic E-state index is -3.84. The van der Waals surface area contributed by atoms with Gasteiger partial charge in [-0.25, -0.2) is 8.42 Å². The Labute approximate surface area is 113 Å². The highest BCUT2D eigenvalue weighted by Gasteiger charge is 2.22. The van der Waals surface area contributed by atoms with Crippen LogP contribution < -0.4 is 4.72 Å². The number of aliphatic hydroxyl groups is 1. The molecule has 0 bridgehead atoms. The van der Waals surface area contributed by atoms with Crippen molar-refractivity contribution in [3.05, 3.63) is 41.3 Å². The van der Waals surface area contributed by atoms with Crippen molar-refractivity contribution >= 4 is 21.5 Å². The molecule has 0 radical (unpaired) electrons. The maximum Gasteiger partial charge on any atom is 0.257 e. The average Bonchev–Trinajstić information content (AvgIpc) is 2.36. The highest BCUT2D eigenvalue weighted by molar-refractivity contribution is 7.96. The van der Waals surface area contributed by atoms with Crippen LogP contribution in [0, 0.1) is 5.92 Å². The quantitative estimate of drug-likeness (QED) is 0.779. The number of hydrogen-bond donors (Lipinski definition) is 2. The van der Waals surface area contributed by atoms with Gasteiger partial charge >= 0.3 is 0 Å². The summed E-state index contributed by atoms with van der Waals surface area (Å²) < 4.78 is 26.4. The number of ketones is 1. The molecule has 2 N–H and O–H groups in total. The Morgan fingerprint density at radius 1 is 1.42 bits per heavy atom. The lowest BCUT2D eigenvalue weighted by atomic mass is 10.1. The number of Topliss-reactive ketones (excluding diaryl/α,β-unsaturated/α-hetero) is 1. The van der Waals surface area contributed by atoms with E-state index in [0.29, 0.717) is 0 Å². The van der Waals surface area contributed by atoms with E-state index in [0.717, 1.165) is 0 Å². The Balaban J connectivity index is 3.09. The molecule has 1 atom stereocenters. The Kier molecular flexibility index (Phi) is 4.85. The smallest absolute Gasteiger partial charge is 0.257 e. The molecule has 104 valence electrons. The number of hydrogen-bond acceptors (Lipinski definition) is 4. The molecule has 0 spiro atoms. The van der Waals surface area contributed by atoms with Crippen molar-refractivity contribution in [3.63, 3.8) is 0 Å². The number of nitrogens with one attached hydrogen (secondary N) is 1. The molecule has 1 aromatic rings. The predicted molar refractivity (Wildman–Crippen MR) is 74.4 cm³/mol. The van der Waals surface area contributed by atoms with Crippen molar-refractivity contribution in [1.29, 1.82) is 0 Å². The molecule has 0 saturated heterocycles. The minimum Gasteiger partial charge on any atom is -0.396 e. The molecule has 0 heterocycles. The third kappa shape index (κ3) is 3.65. The van der Waals surface area contributed by atoms with Gasteiger partial charge in [-0.3, -0.25) is 9.52 Å². The molecule has 1 unspecified atom stereocenters. The van der Waals surface area contributed by atoms with Gasteiger partial charge in [-0.15, -0.1) is 0 Å². The third-order valence-electron chi connectivity index (χ3n) is 2.72. The number of rotatable bonds is 6. The molecular weight excluding hydrogens is 266 g/mol.